The van der Waals surface area contributed by atoms with Gasteiger partial charge in [-0.2, -0.15) is 0 Å². The van der Waals surface area contributed by atoms with Gasteiger partial charge in [0, 0.05) is 29.4 Å². The Kier molecular flexibility index (Phi) is 7.62. The van der Waals surface area contributed by atoms with E-state index in [2.05, 4.69) is 10.3 Å². The summed E-state index contributed by atoms with van der Waals surface area (Å²) in [6.07, 6.45) is 3.24. The van der Waals surface area contributed by atoms with Gasteiger partial charge in [-0.25, -0.2) is 0 Å². The predicted molar refractivity (Wildman–Crippen MR) is 120 cm³/mol. The maximum absolute atomic E-state index is 12.7. The molecule has 31 heavy (non-hydrogen) atoms. The van der Waals surface area contributed by atoms with Crippen LogP contribution in [0.15, 0.2) is 54.7 Å². The zero-order valence-corrected chi connectivity index (χ0v) is 18.1. The summed E-state index contributed by atoms with van der Waals surface area (Å²) in [6.45, 7) is 2.83. The number of aldehydes is 1. The monoisotopic (exact) mass is 438 g/mol. The molecular weight excluding hydrogens is 416 g/mol. The molecule has 160 valence electrons. The number of halogens is 1. The van der Waals surface area contributed by atoms with Gasteiger partial charge in [0.1, 0.15) is 17.8 Å². The minimum atomic E-state index is -0.305. The average Bonchev–Trinajstić information content (AvgIpc) is 2.81. The molecule has 0 aliphatic rings. The molecule has 0 fully saturated rings. The molecule has 0 spiro atoms. The summed E-state index contributed by atoms with van der Waals surface area (Å²) in [5, 5.41) is 3.19. The van der Waals surface area contributed by atoms with E-state index in [4.69, 9.17) is 21.1 Å². The molecule has 0 unspecified atom stereocenters. The van der Waals surface area contributed by atoms with Crippen molar-refractivity contribution in [3.63, 3.8) is 0 Å². The second-order valence-corrected chi connectivity index (χ2v) is 7.20. The Balaban J connectivity index is 1.77. The molecule has 0 aliphatic heterocycles. The third-order valence-corrected chi connectivity index (χ3v) is 4.91. The van der Waals surface area contributed by atoms with E-state index in [1.165, 1.54) is 0 Å². The molecule has 3 aromatic rings. The van der Waals surface area contributed by atoms with Gasteiger partial charge in [0.15, 0.2) is 0 Å². The van der Waals surface area contributed by atoms with Crippen LogP contribution in [0.3, 0.4) is 0 Å². The van der Waals surface area contributed by atoms with E-state index in [0.717, 1.165) is 23.8 Å². The summed E-state index contributed by atoms with van der Waals surface area (Å²) in [5.74, 6) is 0.952. The Hall–Kier alpha value is -3.38. The number of carbonyl (C=O) groups excluding carboxylic acids is 2. The van der Waals surface area contributed by atoms with Gasteiger partial charge in [-0.1, -0.05) is 18.5 Å². The van der Waals surface area contributed by atoms with Crippen LogP contribution in [0.25, 0.3) is 11.3 Å². The van der Waals surface area contributed by atoms with Gasteiger partial charge in [-0.3, -0.25) is 14.6 Å². The quantitative estimate of drug-likeness (QED) is 0.478. The van der Waals surface area contributed by atoms with Gasteiger partial charge >= 0.3 is 0 Å². The number of pyridine rings is 1. The number of rotatable bonds is 9. The van der Waals surface area contributed by atoms with Crippen molar-refractivity contribution in [3.05, 3.63) is 76.4 Å². The summed E-state index contributed by atoms with van der Waals surface area (Å²) < 4.78 is 11.0. The topological polar surface area (TPSA) is 77.5 Å². The zero-order valence-electron chi connectivity index (χ0n) is 17.4. The lowest BCUT2D eigenvalue weighted by Crippen LogP contribution is -2.23. The number of amides is 1. The highest BCUT2D eigenvalue weighted by atomic mass is 35.5. The Morgan fingerprint density at radius 2 is 2.00 bits per heavy atom. The van der Waals surface area contributed by atoms with Crippen molar-refractivity contribution in [2.24, 2.45) is 0 Å². The van der Waals surface area contributed by atoms with Crippen molar-refractivity contribution < 1.29 is 19.1 Å². The molecule has 6 nitrogen and oxygen atoms in total. The van der Waals surface area contributed by atoms with Gasteiger partial charge < -0.3 is 14.8 Å². The van der Waals surface area contributed by atoms with Gasteiger partial charge in [0.05, 0.1) is 30.0 Å². The van der Waals surface area contributed by atoms with Gasteiger partial charge in [0.2, 0.25) is 0 Å². The first kappa shape index (κ1) is 22.3. The lowest BCUT2D eigenvalue weighted by molar-refractivity contribution is 0.0950. The molecule has 1 aromatic heterocycles. The molecule has 2 aromatic carbocycles. The standard InChI is InChI=1S/C24H23ClN2O4/c1-3-10-31-19-5-6-20(21(25)13-19)24(29)27-14-18-12-17(4-7-23(18)30-2)22-11-16(15-28)8-9-26-22/h4-9,11-13,15H,3,10,14H2,1-2H3,(H,27,29). The number of methoxy groups -OCH3 is 1. The van der Waals surface area contributed by atoms with Crippen LogP contribution in [-0.4, -0.2) is 30.9 Å². The summed E-state index contributed by atoms with van der Waals surface area (Å²) >= 11 is 6.28. The number of hydrogen-bond acceptors (Lipinski definition) is 5. The molecule has 0 saturated carbocycles. The van der Waals surface area contributed by atoms with Crippen LogP contribution in [0.1, 0.15) is 39.6 Å². The van der Waals surface area contributed by atoms with Gasteiger partial charge in [-0.05, 0) is 55.0 Å². The molecule has 0 saturated heterocycles. The number of nitrogens with one attached hydrogen (secondary N) is 1. The smallest absolute Gasteiger partial charge is 0.253 e. The Morgan fingerprint density at radius 1 is 1.16 bits per heavy atom. The second-order valence-electron chi connectivity index (χ2n) is 6.79. The van der Waals surface area contributed by atoms with Crippen LogP contribution in [0.4, 0.5) is 0 Å². The van der Waals surface area contributed by atoms with Gasteiger partial charge in [0.25, 0.3) is 5.91 Å². The fourth-order valence-corrected chi connectivity index (χ4v) is 3.27. The first-order valence-corrected chi connectivity index (χ1v) is 10.2. The summed E-state index contributed by atoms with van der Waals surface area (Å²) in [5.41, 5.74) is 3.14. The Bertz CT molecular complexity index is 1080. The van der Waals surface area contributed by atoms with E-state index in [-0.39, 0.29) is 12.5 Å². The lowest BCUT2D eigenvalue weighted by atomic mass is 10.0. The van der Waals surface area contributed by atoms with Crippen LogP contribution in [0.2, 0.25) is 5.02 Å². The van der Waals surface area contributed by atoms with Crippen molar-refractivity contribution in [3.8, 4) is 22.8 Å². The molecule has 0 atom stereocenters. The lowest BCUT2D eigenvalue weighted by Gasteiger charge is -2.13. The average molecular weight is 439 g/mol. The first-order valence-electron chi connectivity index (χ1n) is 9.84. The molecular formula is C24H23ClN2O4. The van der Waals surface area contributed by atoms with Crippen molar-refractivity contribution in [2.45, 2.75) is 19.9 Å². The Labute approximate surface area is 186 Å². The van der Waals surface area contributed by atoms with Crippen LogP contribution < -0.4 is 14.8 Å². The minimum Gasteiger partial charge on any atom is -0.496 e. The minimum absolute atomic E-state index is 0.230. The normalized spacial score (nSPS) is 10.4. The van der Waals surface area contributed by atoms with Crippen LogP contribution in [-0.2, 0) is 6.54 Å². The fraction of sp³-hybridized carbons (Fsp3) is 0.208. The van der Waals surface area contributed by atoms with Crippen LogP contribution in [0, 0.1) is 0 Å². The van der Waals surface area contributed by atoms with E-state index in [9.17, 15) is 9.59 Å². The molecule has 7 heteroatoms. The maximum Gasteiger partial charge on any atom is 0.253 e. The van der Waals surface area contributed by atoms with E-state index in [1.54, 1.807) is 49.7 Å². The zero-order chi connectivity index (χ0) is 22.2. The Morgan fingerprint density at radius 3 is 2.71 bits per heavy atom. The SMILES string of the molecule is CCCOc1ccc(C(=O)NCc2cc(-c3cc(C=O)ccn3)ccc2OC)c(Cl)c1. The van der Waals surface area contributed by atoms with Crippen LogP contribution >= 0.6 is 11.6 Å². The summed E-state index contributed by atoms with van der Waals surface area (Å²) in [6, 6.07) is 13.9. The number of ether oxygens (including phenoxy) is 2. The highest BCUT2D eigenvalue weighted by Gasteiger charge is 2.13. The van der Waals surface area contributed by atoms with E-state index < -0.39 is 0 Å². The number of carbonyl (C=O) groups is 2. The number of benzene rings is 2. The second kappa shape index (κ2) is 10.6. The number of aromatic nitrogens is 1. The van der Waals surface area contributed by atoms with Crippen molar-refractivity contribution >= 4 is 23.8 Å². The maximum atomic E-state index is 12.7. The van der Waals surface area contributed by atoms with E-state index in [0.29, 0.717) is 39.9 Å². The van der Waals surface area contributed by atoms with Crippen molar-refractivity contribution in [2.75, 3.05) is 13.7 Å². The molecule has 1 amide bonds. The van der Waals surface area contributed by atoms with E-state index in [1.807, 2.05) is 19.1 Å². The van der Waals surface area contributed by atoms with Gasteiger partial charge in [-0.15, -0.1) is 0 Å². The molecule has 3 rings (SSSR count). The number of hydrogen-bond donors (Lipinski definition) is 1. The van der Waals surface area contributed by atoms with Crippen molar-refractivity contribution in [1.82, 2.24) is 10.3 Å². The molecule has 1 heterocycles. The first-order chi connectivity index (χ1) is 15.0. The summed E-state index contributed by atoms with van der Waals surface area (Å²) in [4.78, 5) is 28.1. The predicted octanol–water partition coefficient (Wildman–Crippen LogP) is 4.94. The highest BCUT2D eigenvalue weighted by molar-refractivity contribution is 6.34. The van der Waals surface area contributed by atoms with Crippen LogP contribution in [0.5, 0.6) is 11.5 Å². The van der Waals surface area contributed by atoms with E-state index >= 15 is 0 Å². The highest BCUT2D eigenvalue weighted by Crippen LogP contribution is 2.27. The third-order valence-electron chi connectivity index (χ3n) is 4.59. The molecule has 0 aliphatic carbocycles. The third kappa shape index (κ3) is 5.61. The number of nitrogens with zero attached hydrogens (tertiary/aromatic N) is 1. The molecule has 0 bridgehead atoms. The summed E-state index contributed by atoms with van der Waals surface area (Å²) in [7, 11) is 1.57. The largest absolute Gasteiger partial charge is 0.496 e. The fourth-order valence-electron chi connectivity index (χ4n) is 3.01. The molecule has 0 radical (unpaired) electrons. The van der Waals surface area contributed by atoms with Crippen molar-refractivity contribution in [1.29, 1.82) is 0 Å². The molecule has 1 N–H and O–H groups in total.